The fourth-order valence-electron chi connectivity index (χ4n) is 2.01. The van der Waals surface area contributed by atoms with E-state index in [-0.39, 0.29) is 12.1 Å². The van der Waals surface area contributed by atoms with Crippen molar-refractivity contribution >= 4 is 5.97 Å². The van der Waals surface area contributed by atoms with Gasteiger partial charge in [-0.05, 0) is 38.5 Å². The molecule has 0 bridgehead atoms. The second kappa shape index (κ2) is 8.37. The summed E-state index contributed by atoms with van der Waals surface area (Å²) in [6.07, 6.45) is 13.8. The Hall–Kier alpha value is -0.790. The van der Waals surface area contributed by atoms with Crippen LogP contribution >= 0.6 is 0 Å². The van der Waals surface area contributed by atoms with Gasteiger partial charge in [-0.15, -0.1) is 0 Å². The van der Waals surface area contributed by atoms with E-state index in [0.29, 0.717) is 6.42 Å². The molecule has 0 saturated carbocycles. The Labute approximate surface area is 99.1 Å². The zero-order valence-corrected chi connectivity index (χ0v) is 10.4. The number of esters is 1. The third kappa shape index (κ3) is 5.94. The lowest BCUT2D eigenvalue weighted by Gasteiger charge is -2.18. The van der Waals surface area contributed by atoms with Gasteiger partial charge in [0.15, 0.2) is 0 Å². The summed E-state index contributed by atoms with van der Waals surface area (Å²) in [5, 5.41) is 0. The van der Waals surface area contributed by atoms with Crippen molar-refractivity contribution in [3.63, 3.8) is 0 Å². The SMILES string of the molecule is CCCCC[C@H]1CC/C=C\CCCC(=O)O1. The molecule has 0 saturated heterocycles. The maximum absolute atomic E-state index is 11.5. The summed E-state index contributed by atoms with van der Waals surface area (Å²) in [5.41, 5.74) is 0. The van der Waals surface area contributed by atoms with Crippen molar-refractivity contribution in [2.75, 3.05) is 0 Å². The fourth-order valence-corrected chi connectivity index (χ4v) is 2.01. The molecule has 1 aliphatic heterocycles. The Morgan fingerprint density at radius 2 is 2.12 bits per heavy atom. The number of carbonyl (C=O) groups excluding carboxylic acids is 1. The van der Waals surface area contributed by atoms with E-state index in [4.69, 9.17) is 4.74 Å². The van der Waals surface area contributed by atoms with Crippen molar-refractivity contribution in [2.45, 2.75) is 70.8 Å². The predicted octanol–water partition coefficient (Wildman–Crippen LogP) is 4.00. The third-order valence-electron chi connectivity index (χ3n) is 3.00. The zero-order chi connectivity index (χ0) is 11.6. The Morgan fingerprint density at radius 1 is 1.31 bits per heavy atom. The third-order valence-corrected chi connectivity index (χ3v) is 3.00. The lowest BCUT2D eigenvalue weighted by atomic mass is 10.0. The molecule has 0 radical (unpaired) electrons. The quantitative estimate of drug-likeness (QED) is 0.410. The van der Waals surface area contributed by atoms with Crippen molar-refractivity contribution in [3.05, 3.63) is 12.2 Å². The highest BCUT2D eigenvalue weighted by Crippen LogP contribution is 2.15. The highest BCUT2D eigenvalue weighted by Gasteiger charge is 2.13. The minimum Gasteiger partial charge on any atom is -0.462 e. The minimum absolute atomic E-state index is 0.00296. The van der Waals surface area contributed by atoms with Crippen LogP contribution in [0.2, 0.25) is 0 Å². The molecular formula is C14H24O2. The van der Waals surface area contributed by atoms with Gasteiger partial charge in [0.1, 0.15) is 6.10 Å². The summed E-state index contributed by atoms with van der Waals surface area (Å²) in [6.45, 7) is 2.20. The van der Waals surface area contributed by atoms with Crippen molar-refractivity contribution < 1.29 is 9.53 Å². The first-order valence-corrected chi connectivity index (χ1v) is 6.67. The molecule has 0 aromatic heterocycles. The minimum atomic E-state index is -0.00296. The summed E-state index contributed by atoms with van der Waals surface area (Å²) in [5.74, 6) is -0.00296. The molecule has 1 aliphatic rings. The zero-order valence-electron chi connectivity index (χ0n) is 10.4. The summed E-state index contributed by atoms with van der Waals surface area (Å²) in [7, 11) is 0. The van der Waals surface area contributed by atoms with Gasteiger partial charge >= 0.3 is 5.97 Å². The summed E-state index contributed by atoms with van der Waals surface area (Å²) in [4.78, 5) is 11.5. The number of rotatable bonds is 4. The normalized spacial score (nSPS) is 24.8. The van der Waals surface area contributed by atoms with Gasteiger partial charge in [0.05, 0.1) is 0 Å². The second-order valence-corrected chi connectivity index (χ2v) is 4.55. The van der Waals surface area contributed by atoms with Crippen LogP contribution in [-0.4, -0.2) is 12.1 Å². The van der Waals surface area contributed by atoms with E-state index in [1.807, 2.05) is 0 Å². The molecule has 0 aromatic carbocycles. The van der Waals surface area contributed by atoms with Gasteiger partial charge in [-0.3, -0.25) is 4.79 Å². The molecule has 0 aromatic rings. The molecule has 2 heteroatoms. The highest BCUT2D eigenvalue weighted by molar-refractivity contribution is 5.69. The molecule has 0 amide bonds. The molecule has 0 spiro atoms. The summed E-state index contributed by atoms with van der Waals surface area (Å²) in [6, 6.07) is 0. The van der Waals surface area contributed by atoms with Crippen molar-refractivity contribution in [2.24, 2.45) is 0 Å². The molecule has 16 heavy (non-hydrogen) atoms. The Bertz CT molecular complexity index is 221. The molecule has 1 heterocycles. The predicted molar refractivity (Wildman–Crippen MR) is 66.2 cm³/mol. The molecule has 92 valence electrons. The average molecular weight is 224 g/mol. The van der Waals surface area contributed by atoms with Gasteiger partial charge in [-0.25, -0.2) is 0 Å². The maximum atomic E-state index is 11.5. The number of hydrogen-bond acceptors (Lipinski definition) is 2. The Kier molecular flexibility index (Phi) is 6.95. The topological polar surface area (TPSA) is 26.3 Å². The number of unbranched alkanes of at least 4 members (excludes halogenated alkanes) is 2. The van der Waals surface area contributed by atoms with Crippen LogP contribution < -0.4 is 0 Å². The number of carbonyl (C=O) groups is 1. The first kappa shape index (κ1) is 13.3. The Morgan fingerprint density at radius 3 is 2.94 bits per heavy atom. The van der Waals surface area contributed by atoms with Gasteiger partial charge in [0.25, 0.3) is 0 Å². The van der Waals surface area contributed by atoms with Crippen molar-refractivity contribution in [1.29, 1.82) is 0 Å². The number of allylic oxidation sites excluding steroid dienone is 2. The number of cyclic esters (lactones) is 1. The standard InChI is InChI=1S/C14H24O2/c1-2-3-7-10-13-11-8-5-4-6-9-12-14(15)16-13/h4-5,13H,2-3,6-12H2,1H3/b5-4-/t13-/m0/s1. The van der Waals surface area contributed by atoms with Crippen LogP contribution in [0.3, 0.4) is 0 Å². The Balaban J connectivity index is 2.35. The number of ether oxygens (including phenoxy) is 1. The largest absolute Gasteiger partial charge is 0.462 e. The van der Waals surface area contributed by atoms with E-state index in [2.05, 4.69) is 19.1 Å². The van der Waals surface area contributed by atoms with Crippen molar-refractivity contribution in [1.82, 2.24) is 0 Å². The van der Waals surface area contributed by atoms with E-state index in [9.17, 15) is 4.79 Å². The molecule has 0 N–H and O–H groups in total. The first-order valence-electron chi connectivity index (χ1n) is 6.67. The van der Waals surface area contributed by atoms with Crippen LogP contribution in [0.1, 0.15) is 64.7 Å². The highest BCUT2D eigenvalue weighted by atomic mass is 16.5. The monoisotopic (exact) mass is 224 g/mol. The summed E-state index contributed by atoms with van der Waals surface area (Å²) < 4.78 is 5.50. The fraction of sp³-hybridized carbons (Fsp3) is 0.786. The number of hydrogen-bond donors (Lipinski definition) is 0. The molecule has 0 unspecified atom stereocenters. The van der Waals surface area contributed by atoms with Gasteiger partial charge in [0.2, 0.25) is 0 Å². The smallest absolute Gasteiger partial charge is 0.306 e. The van der Waals surface area contributed by atoms with Crippen LogP contribution in [0.15, 0.2) is 12.2 Å². The second-order valence-electron chi connectivity index (χ2n) is 4.55. The lowest BCUT2D eigenvalue weighted by Crippen LogP contribution is -2.18. The van der Waals surface area contributed by atoms with Crippen LogP contribution in [-0.2, 0) is 9.53 Å². The van der Waals surface area contributed by atoms with E-state index in [1.165, 1.54) is 19.3 Å². The molecule has 1 rings (SSSR count). The van der Waals surface area contributed by atoms with Crippen LogP contribution in [0, 0.1) is 0 Å². The van der Waals surface area contributed by atoms with E-state index in [1.54, 1.807) is 0 Å². The molecule has 0 aliphatic carbocycles. The van der Waals surface area contributed by atoms with Gasteiger partial charge < -0.3 is 4.74 Å². The summed E-state index contributed by atoms with van der Waals surface area (Å²) >= 11 is 0. The maximum Gasteiger partial charge on any atom is 0.306 e. The van der Waals surface area contributed by atoms with Crippen molar-refractivity contribution in [3.8, 4) is 0 Å². The average Bonchev–Trinajstić information content (AvgIpc) is 2.28. The van der Waals surface area contributed by atoms with Crippen LogP contribution in [0.5, 0.6) is 0 Å². The van der Waals surface area contributed by atoms with Crippen LogP contribution in [0.4, 0.5) is 0 Å². The lowest BCUT2D eigenvalue weighted by molar-refractivity contribution is -0.149. The first-order chi connectivity index (χ1) is 7.83. The molecule has 2 nitrogen and oxygen atoms in total. The molecule has 1 atom stereocenters. The van der Waals surface area contributed by atoms with Gasteiger partial charge in [0, 0.05) is 6.42 Å². The van der Waals surface area contributed by atoms with E-state index < -0.39 is 0 Å². The van der Waals surface area contributed by atoms with E-state index in [0.717, 1.165) is 32.1 Å². The van der Waals surface area contributed by atoms with Gasteiger partial charge in [-0.2, -0.15) is 0 Å². The molecular weight excluding hydrogens is 200 g/mol. The molecule has 0 fully saturated rings. The van der Waals surface area contributed by atoms with Crippen LogP contribution in [0.25, 0.3) is 0 Å². The van der Waals surface area contributed by atoms with E-state index >= 15 is 0 Å². The van der Waals surface area contributed by atoms with Gasteiger partial charge in [-0.1, -0.05) is 31.9 Å².